The first kappa shape index (κ1) is 21.9. The Balaban J connectivity index is 2.13. The number of hydrogen-bond acceptors (Lipinski definition) is 2. The van der Waals surface area contributed by atoms with Crippen LogP contribution in [-0.4, -0.2) is 26.9 Å². The average molecular weight is 401 g/mol. The van der Waals surface area contributed by atoms with Crippen LogP contribution in [0, 0.1) is 0 Å². The molecule has 0 aliphatic rings. The molecule has 0 heterocycles. The number of rotatable bonds is 7. The van der Waals surface area contributed by atoms with E-state index in [9.17, 15) is 4.79 Å². The predicted octanol–water partition coefficient (Wildman–Crippen LogP) is 6.22. The maximum absolute atomic E-state index is 12.8. The minimum atomic E-state index is -1.59. The van der Waals surface area contributed by atoms with Crippen molar-refractivity contribution in [1.29, 1.82) is 0 Å². The van der Waals surface area contributed by atoms with E-state index in [4.69, 9.17) is 4.74 Å². The molecular weight excluding hydrogens is 367 g/mol. The summed E-state index contributed by atoms with van der Waals surface area (Å²) in [7, 11) is -2.13. The van der Waals surface area contributed by atoms with Gasteiger partial charge in [0.2, 0.25) is 0 Å². The van der Waals surface area contributed by atoms with Crippen LogP contribution in [-0.2, 0) is 9.53 Å². The minimum Gasteiger partial charge on any atom is -0.458 e. The van der Waals surface area contributed by atoms with E-state index in [1.54, 1.807) is 0 Å². The van der Waals surface area contributed by atoms with Gasteiger partial charge in [0.05, 0.1) is 14.2 Å². The SMILES string of the molecule is CP(CC(=O)O[C@H](C[Si](C)(C)C(C)(C)C)c1ccccc1)c1ccccc1. The van der Waals surface area contributed by atoms with Crippen LogP contribution in [0.15, 0.2) is 60.7 Å². The molecule has 0 fully saturated rings. The van der Waals surface area contributed by atoms with E-state index >= 15 is 0 Å². The molecule has 4 heteroatoms. The molecule has 2 aromatic carbocycles. The lowest BCUT2D eigenvalue weighted by Crippen LogP contribution is -2.39. The van der Waals surface area contributed by atoms with Crippen molar-refractivity contribution in [2.45, 2.75) is 51.1 Å². The molecule has 1 unspecified atom stereocenters. The lowest BCUT2D eigenvalue weighted by molar-refractivity contribution is -0.145. The minimum absolute atomic E-state index is 0.0833. The van der Waals surface area contributed by atoms with Crippen molar-refractivity contribution >= 4 is 27.3 Å². The molecule has 0 aliphatic carbocycles. The Morgan fingerprint density at radius 1 is 1.00 bits per heavy atom. The van der Waals surface area contributed by atoms with Gasteiger partial charge >= 0.3 is 5.97 Å². The first-order chi connectivity index (χ1) is 12.6. The summed E-state index contributed by atoms with van der Waals surface area (Å²) in [4.78, 5) is 12.8. The molecule has 146 valence electrons. The van der Waals surface area contributed by atoms with Crippen LogP contribution >= 0.6 is 7.92 Å². The van der Waals surface area contributed by atoms with Gasteiger partial charge < -0.3 is 4.74 Å². The Kier molecular flexibility index (Phi) is 7.42. The molecule has 2 aromatic rings. The highest BCUT2D eigenvalue weighted by molar-refractivity contribution is 7.65. The van der Waals surface area contributed by atoms with Crippen LogP contribution in [0.1, 0.15) is 32.4 Å². The topological polar surface area (TPSA) is 26.3 Å². The van der Waals surface area contributed by atoms with Crippen LogP contribution in [0.25, 0.3) is 0 Å². The quantitative estimate of drug-likeness (QED) is 0.313. The fraction of sp³-hybridized carbons (Fsp3) is 0.435. The Labute approximate surface area is 167 Å². The normalized spacial score (nSPS) is 14.4. The highest BCUT2D eigenvalue weighted by atomic mass is 31.1. The number of benzene rings is 2. The van der Waals surface area contributed by atoms with Crippen molar-refractivity contribution in [2.75, 3.05) is 12.8 Å². The molecular formula is C23H33O2PSi. The molecule has 27 heavy (non-hydrogen) atoms. The maximum atomic E-state index is 12.8. The first-order valence-electron chi connectivity index (χ1n) is 9.61. The van der Waals surface area contributed by atoms with E-state index in [1.165, 1.54) is 5.30 Å². The van der Waals surface area contributed by atoms with Crippen molar-refractivity contribution in [3.05, 3.63) is 66.2 Å². The summed E-state index contributed by atoms with van der Waals surface area (Å²) in [5.74, 6) is -0.0833. The summed E-state index contributed by atoms with van der Waals surface area (Å²) < 4.78 is 6.07. The highest BCUT2D eigenvalue weighted by Crippen LogP contribution is 2.43. The molecule has 0 radical (unpaired) electrons. The molecule has 2 rings (SSSR count). The standard InChI is InChI=1S/C23H33O2PSi/c1-23(2,3)27(5,6)18-21(19-13-9-7-10-14-19)25-22(24)17-26(4)20-15-11-8-12-16-20/h7-16,21H,17-18H2,1-6H3/t21-,26?/m1/s1. The molecule has 0 amide bonds. The van der Waals surface area contributed by atoms with Crippen LogP contribution in [0.3, 0.4) is 0 Å². The molecule has 0 bridgehead atoms. The van der Waals surface area contributed by atoms with E-state index in [0.717, 1.165) is 11.6 Å². The molecule has 0 N–H and O–H groups in total. The second-order valence-electron chi connectivity index (χ2n) is 8.92. The van der Waals surface area contributed by atoms with Gasteiger partial charge in [0.1, 0.15) is 6.10 Å². The second-order valence-corrected chi connectivity index (χ2v) is 16.8. The maximum Gasteiger partial charge on any atom is 0.311 e. The lowest BCUT2D eigenvalue weighted by Gasteiger charge is -2.39. The van der Waals surface area contributed by atoms with Crippen LogP contribution in [0.4, 0.5) is 0 Å². The van der Waals surface area contributed by atoms with Crippen molar-refractivity contribution in [2.24, 2.45) is 0 Å². The van der Waals surface area contributed by atoms with Crippen molar-refractivity contribution < 1.29 is 9.53 Å². The molecule has 0 spiro atoms. The van der Waals surface area contributed by atoms with Crippen molar-refractivity contribution in [3.63, 3.8) is 0 Å². The molecule has 0 aliphatic heterocycles. The molecule has 2 nitrogen and oxygen atoms in total. The van der Waals surface area contributed by atoms with Crippen molar-refractivity contribution in [3.8, 4) is 0 Å². The van der Waals surface area contributed by atoms with Gasteiger partial charge in [-0.1, -0.05) is 102 Å². The summed E-state index contributed by atoms with van der Waals surface area (Å²) >= 11 is 0. The smallest absolute Gasteiger partial charge is 0.311 e. The van der Waals surface area contributed by atoms with E-state index in [2.05, 4.69) is 64.8 Å². The molecule has 0 aromatic heterocycles. The van der Waals surface area contributed by atoms with Gasteiger partial charge in [0, 0.05) is 0 Å². The first-order valence-corrected chi connectivity index (χ1v) is 14.8. The third-order valence-electron chi connectivity index (χ3n) is 5.73. The van der Waals surface area contributed by atoms with Gasteiger partial charge in [0.25, 0.3) is 0 Å². The summed E-state index contributed by atoms with van der Waals surface area (Å²) in [5.41, 5.74) is 1.11. The number of esters is 1. The molecule has 0 saturated carbocycles. The Morgan fingerprint density at radius 3 is 2.04 bits per heavy atom. The van der Waals surface area contributed by atoms with Crippen LogP contribution < -0.4 is 5.30 Å². The Bertz CT molecular complexity index is 723. The Morgan fingerprint density at radius 2 is 1.52 bits per heavy atom. The van der Waals surface area contributed by atoms with Crippen LogP contribution in [0.2, 0.25) is 24.2 Å². The summed E-state index contributed by atoms with van der Waals surface area (Å²) in [5, 5.41) is 1.50. The number of hydrogen-bond donors (Lipinski definition) is 0. The third kappa shape index (κ3) is 6.29. The zero-order valence-electron chi connectivity index (χ0n) is 17.5. The predicted molar refractivity (Wildman–Crippen MR) is 121 cm³/mol. The zero-order chi connectivity index (χ0) is 20.1. The summed E-state index contributed by atoms with van der Waals surface area (Å²) in [6.45, 7) is 13.9. The van der Waals surface area contributed by atoms with Gasteiger partial charge in [-0.2, -0.15) is 0 Å². The number of carbonyl (C=O) groups excluding carboxylic acids is 1. The second kappa shape index (κ2) is 9.17. The molecule has 2 atom stereocenters. The Hall–Kier alpha value is -1.44. The van der Waals surface area contributed by atoms with Gasteiger partial charge in [-0.25, -0.2) is 0 Å². The fourth-order valence-electron chi connectivity index (χ4n) is 2.83. The monoisotopic (exact) mass is 400 g/mol. The van der Waals surface area contributed by atoms with E-state index in [-0.39, 0.29) is 17.1 Å². The van der Waals surface area contributed by atoms with E-state index in [0.29, 0.717) is 6.16 Å². The average Bonchev–Trinajstić information content (AvgIpc) is 2.61. The zero-order valence-corrected chi connectivity index (χ0v) is 19.4. The van der Waals surface area contributed by atoms with Gasteiger partial charge in [-0.3, -0.25) is 4.79 Å². The lowest BCUT2D eigenvalue weighted by atomic mass is 10.1. The van der Waals surface area contributed by atoms with E-state index < -0.39 is 16.0 Å². The number of carbonyl (C=O) groups is 1. The van der Waals surface area contributed by atoms with Gasteiger partial charge in [0.15, 0.2) is 0 Å². The van der Waals surface area contributed by atoms with Crippen molar-refractivity contribution in [1.82, 2.24) is 0 Å². The largest absolute Gasteiger partial charge is 0.458 e. The van der Waals surface area contributed by atoms with Gasteiger partial charge in [-0.05, 0) is 28.6 Å². The highest BCUT2D eigenvalue weighted by Gasteiger charge is 2.38. The van der Waals surface area contributed by atoms with Crippen LogP contribution in [0.5, 0.6) is 0 Å². The fourth-order valence-corrected chi connectivity index (χ4v) is 6.01. The summed E-state index contributed by atoms with van der Waals surface area (Å²) in [6, 6.07) is 21.4. The van der Waals surface area contributed by atoms with Gasteiger partial charge in [-0.15, -0.1) is 0 Å². The third-order valence-corrected chi connectivity index (χ3v) is 13.1. The van der Waals surface area contributed by atoms with E-state index in [1.807, 2.05) is 36.4 Å². The summed E-state index contributed by atoms with van der Waals surface area (Å²) in [6.07, 6.45) is 0.318. The number of ether oxygens (including phenoxy) is 1. The molecule has 0 saturated heterocycles.